The molecular formula is C14H22N4. The summed E-state index contributed by atoms with van der Waals surface area (Å²) in [6, 6.07) is 0. The highest BCUT2D eigenvalue weighted by Gasteiger charge is 2.26. The predicted octanol–water partition coefficient (Wildman–Crippen LogP) is 2.41. The summed E-state index contributed by atoms with van der Waals surface area (Å²) in [7, 11) is 0. The van der Waals surface area contributed by atoms with Crippen LogP contribution in [0.25, 0.3) is 0 Å². The molecule has 0 spiro atoms. The Labute approximate surface area is 109 Å². The molecule has 0 unspecified atom stereocenters. The van der Waals surface area contributed by atoms with Crippen LogP contribution in [0.1, 0.15) is 40.0 Å². The van der Waals surface area contributed by atoms with E-state index in [1.807, 2.05) is 0 Å². The van der Waals surface area contributed by atoms with Gasteiger partial charge in [0, 0.05) is 25.0 Å². The van der Waals surface area contributed by atoms with Crippen molar-refractivity contribution >= 4 is 6.34 Å². The van der Waals surface area contributed by atoms with E-state index < -0.39 is 0 Å². The molecule has 4 heteroatoms. The molecule has 4 nitrogen and oxygen atoms in total. The van der Waals surface area contributed by atoms with Crippen LogP contribution < -0.4 is 11.6 Å². The van der Waals surface area contributed by atoms with E-state index in [4.69, 9.17) is 11.6 Å². The average Bonchev–Trinajstić information content (AvgIpc) is 2.87. The Kier molecular flexibility index (Phi) is 2.96. The van der Waals surface area contributed by atoms with E-state index in [0.717, 1.165) is 29.1 Å². The van der Waals surface area contributed by atoms with Crippen LogP contribution >= 0.6 is 0 Å². The maximum absolute atomic E-state index is 6.40. The van der Waals surface area contributed by atoms with Gasteiger partial charge >= 0.3 is 0 Å². The molecule has 0 amide bonds. The third-order valence-electron chi connectivity index (χ3n) is 4.08. The molecule has 1 heterocycles. The van der Waals surface area contributed by atoms with Gasteiger partial charge in [-0.25, -0.2) is 10.8 Å². The normalized spacial score (nSPS) is 26.8. The fourth-order valence-corrected chi connectivity index (χ4v) is 3.07. The molecule has 98 valence electrons. The highest BCUT2D eigenvalue weighted by molar-refractivity contribution is 5.68. The zero-order valence-electron chi connectivity index (χ0n) is 10.6. The van der Waals surface area contributed by atoms with Crippen LogP contribution in [0.4, 0.5) is 0 Å². The first kappa shape index (κ1) is 11.5. The van der Waals surface area contributed by atoms with Gasteiger partial charge in [-0.1, -0.05) is 31.4 Å². The second-order valence-electron chi connectivity index (χ2n) is 5.26. The Bertz CT molecular complexity index is 470. The van der Waals surface area contributed by atoms with Gasteiger partial charge in [0.15, 0.2) is 0 Å². The molecule has 0 atom stereocenters. The number of hydrazine groups is 1. The second-order valence-corrected chi connectivity index (χ2v) is 5.26. The van der Waals surface area contributed by atoms with Gasteiger partial charge < -0.3 is 5.73 Å². The minimum Gasteiger partial charge on any atom is -0.400 e. The lowest BCUT2D eigenvalue weighted by atomic mass is 9.85. The molecule has 3 aliphatic rings. The maximum Gasteiger partial charge on any atom is 0.110 e. The SMILES string of the molecule is N/C(=C1/C2=C(CC=C2)N=CN1N)C1CCCCC1.[HH]. The van der Waals surface area contributed by atoms with Crippen LogP contribution in [0.2, 0.25) is 0 Å². The number of allylic oxidation sites excluding steroid dienone is 3. The summed E-state index contributed by atoms with van der Waals surface area (Å²) in [5.74, 6) is 6.50. The molecule has 0 saturated heterocycles. The van der Waals surface area contributed by atoms with Crippen LogP contribution in [0.3, 0.4) is 0 Å². The van der Waals surface area contributed by atoms with E-state index in [-0.39, 0.29) is 1.43 Å². The minimum absolute atomic E-state index is 0. The molecule has 1 fully saturated rings. The van der Waals surface area contributed by atoms with Crippen LogP contribution in [0.5, 0.6) is 0 Å². The minimum atomic E-state index is 0. The van der Waals surface area contributed by atoms with Crippen LogP contribution in [0, 0.1) is 5.92 Å². The molecular weight excluding hydrogens is 224 g/mol. The van der Waals surface area contributed by atoms with Gasteiger partial charge in [0.2, 0.25) is 0 Å². The van der Waals surface area contributed by atoms with Crippen molar-refractivity contribution in [2.75, 3.05) is 0 Å². The lowest BCUT2D eigenvalue weighted by Crippen LogP contribution is -2.35. The lowest BCUT2D eigenvalue weighted by Gasteiger charge is -2.29. The first-order chi connectivity index (χ1) is 8.77. The highest BCUT2D eigenvalue weighted by Crippen LogP contribution is 2.35. The zero-order chi connectivity index (χ0) is 12.5. The van der Waals surface area contributed by atoms with E-state index in [0.29, 0.717) is 5.92 Å². The molecule has 0 aromatic rings. The molecule has 0 bridgehead atoms. The first-order valence-electron chi connectivity index (χ1n) is 6.75. The van der Waals surface area contributed by atoms with Crippen molar-refractivity contribution in [2.45, 2.75) is 38.5 Å². The highest BCUT2D eigenvalue weighted by atomic mass is 15.4. The largest absolute Gasteiger partial charge is 0.400 e. The van der Waals surface area contributed by atoms with E-state index in [9.17, 15) is 0 Å². The van der Waals surface area contributed by atoms with Gasteiger partial charge in [-0.05, 0) is 12.8 Å². The van der Waals surface area contributed by atoms with Gasteiger partial charge in [-0.2, -0.15) is 0 Å². The molecule has 1 saturated carbocycles. The Balaban J connectivity index is 0.00000133. The molecule has 18 heavy (non-hydrogen) atoms. The van der Waals surface area contributed by atoms with E-state index in [1.165, 1.54) is 32.1 Å². The maximum atomic E-state index is 6.40. The van der Waals surface area contributed by atoms with Gasteiger partial charge in [-0.15, -0.1) is 0 Å². The van der Waals surface area contributed by atoms with Crippen LogP contribution in [0.15, 0.2) is 39.8 Å². The van der Waals surface area contributed by atoms with Gasteiger partial charge in [0.1, 0.15) is 6.34 Å². The summed E-state index contributed by atoms with van der Waals surface area (Å²) in [5.41, 5.74) is 10.5. The molecule has 0 aromatic carbocycles. The number of nitrogens with two attached hydrogens (primary N) is 2. The standard InChI is InChI=1S/C14H20N4.H2/c15-13(10-5-2-1-3-6-10)14-11-7-4-8-12(11)17-9-18(14)16;/h4,7,9-10H,1-3,5-6,8,15-16H2;1H/b14-13-;. The molecule has 1 aliphatic heterocycles. The lowest BCUT2D eigenvalue weighted by molar-refractivity contribution is 0.389. The fourth-order valence-electron chi connectivity index (χ4n) is 3.07. The van der Waals surface area contributed by atoms with Crippen molar-refractivity contribution in [3.63, 3.8) is 0 Å². The topological polar surface area (TPSA) is 67.6 Å². The van der Waals surface area contributed by atoms with Crippen molar-refractivity contribution in [2.24, 2.45) is 22.5 Å². The third kappa shape index (κ3) is 1.86. The van der Waals surface area contributed by atoms with E-state index in [2.05, 4.69) is 17.1 Å². The smallest absolute Gasteiger partial charge is 0.110 e. The predicted molar refractivity (Wildman–Crippen MR) is 75.2 cm³/mol. The van der Waals surface area contributed by atoms with Crippen molar-refractivity contribution in [3.05, 3.63) is 34.8 Å². The Morgan fingerprint density at radius 3 is 2.89 bits per heavy atom. The number of rotatable bonds is 1. The Morgan fingerprint density at radius 1 is 1.33 bits per heavy atom. The fraction of sp³-hybridized carbons (Fsp3) is 0.500. The van der Waals surface area contributed by atoms with Crippen molar-refractivity contribution in [3.8, 4) is 0 Å². The Hall–Kier alpha value is -1.55. The Morgan fingerprint density at radius 2 is 2.11 bits per heavy atom. The molecule has 0 aromatic heterocycles. The average molecular weight is 246 g/mol. The molecule has 4 N–H and O–H groups in total. The monoisotopic (exact) mass is 246 g/mol. The van der Waals surface area contributed by atoms with Gasteiger partial charge in [0.05, 0.1) is 11.4 Å². The van der Waals surface area contributed by atoms with Crippen LogP contribution in [-0.4, -0.2) is 11.3 Å². The van der Waals surface area contributed by atoms with E-state index in [1.54, 1.807) is 11.3 Å². The summed E-state index contributed by atoms with van der Waals surface area (Å²) in [4.78, 5) is 4.35. The number of aliphatic imine (C=N–C) groups is 1. The molecule has 3 rings (SSSR count). The molecule has 0 radical (unpaired) electrons. The zero-order valence-corrected chi connectivity index (χ0v) is 10.6. The number of nitrogens with zero attached hydrogens (tertiary/aromatic N) is 2. The van der Waals surface area contributed by atoms with Crippen molar-refractivity contribution in [1.82, 2.24) is 5.01 Å². The van der Waals surface area contributed by atoms with Gasteiger partial charge in [0.25, 0.3) is 0 Å². The summed E-state index contributed by atoms with van der Waals surface area (Å²) in [6.45, 7) is 0. The van der Waals surface area contributed by atoms with Crippen molar-refractivity contribution in [1.29, 1.82) is 0 Å². The molecule has 2 aliphatic carbocycles. The van der Waals surface area contributed by atoms with E-state index >= 15 is 0 Å². The van der Waals surface area contributed by atoms with Crippen molar-refractivity contribution < 1.29 is 1.43 Å². The first-order valence-corrected chi connectivity index (χ1v) is 6.75. The van der Waals surface area contributed by atoms with Crippen LogP contribution in [-0.2, 0) is 0 Å². The van der Waals surface area contributed by atoms with Gasteiger partial charge in [-0.3, -0.25) is 5.01 Å². The summed E-state index contributed by atoms with van der Waals surface area (Å²) < 4.78 is 0. The summed E-state index contributed by atoms with van der Waals surface area (Å²) >= 11 is 0. The number of hydrogen-bond acceptors (Lipinski definition) is 4. The second kappa shape index (κ2) is 4.61. The quantitative estimate of drug-likeness (QED) is 0.698. The third-order valence-corrected chi connectivity index (χ3v) is 4.08. The summed E-state index contributed by atoms with van der Waals surface area (Å²) in [5, 5.41) is 1.58. The summed E-state index contributed by atoms with van der Waals surface area (Å²) in [6.07, 6.45) is 13.0. The number of hydrogen-bond donors (Lipinski definition) is 2.